The fourth-order valence-corrected chi connectivity index (χ4v) is 2.41. The third kappa shape index (κ3) is 3.53. The van der Waals surface area contributed by atoms with Crippen LogP contribution in [-0.4, -0.2) is 4.92 Å². The second-order valence-electron chi connectivity index (χ2n) is 4.42. The summed E-state index contributed by atoms with van der Waals surface area (Å²) >= 11 is 9.37. The van der Waals surface area contributed by atoms with Crippen LogP contribution in [0.4, 0.5) is 5.69 Å². The van der Waals surface area contributed by atoms with Crippen molar-refractivity contribution in [2.45, 2.75) is 13.0 Å². The van der Waals surface area contributed by atoms with E-state index in [0.717, 1.165) is 10.0 Å². The van der Waals surface area contributed by atoms with E-state index < -0.39 is 4.92 Å². The molecule has 0 radical (unpaired) electrons. The van der Waals surface area contributed by atoms with Gasteiger partial charge >= 0.3 is 5.69 Å². The lowest BCUT2D eigenvalue weighted by Gasteiger charge is -2.15. The molecule has 0 fully saturated rings. The van der Waals surface area contributed by atoms with Crippen LogP contribution in [0.3, 0.4) is 0 Å². The van der Waals surface area contributed by atoms with E-state index in [2.05, 4.69) is 15.9 Å². The van der Waals surface area contributed by atoms with E-state index in [1.54, 1.807) is 19.1 Å². The van der Waals surface area contributed by atoms with Crippen LogP contribution in [0.2, 0.25) is 5.02 Å². The summed E-state index contributed by atoms with van der Waals surface area (Å²) in [6.07, 6.45) is 0. The maximum atomic E-state index is 11.1. The van der Waals surface area contributed by atoms with Crippen LogP contribution >= 0.6 is 27.5 Å². The largest absolute Gasteiger partial charge is 0.448 e. The lowest BCUT2D eigenvalue weighted by molar-refractivity contribution is -0.385. The average molecular weight is 372 g/mol. The predicted molar refractivity (Wildman–Crippen MR) is 84.9 cm³/mol. The molecule has 0 saturated heterocycles. The highest BCUT2D eigenvalue weighted by Gasteiger charge is 2.20. The molecule has 7 heteroatoms. The maximum Gasteiger partial charge on any atom is 0.313 e. The van der Waals surface area contributed by atoms with E-state index in [1.807, 2.05) is 6.07 Å². The van der Waals surface area contributed by atoms with Gasteiger partial charge in [-0.15, -0.1) is 0 Å². The van der Waals surface area contributed by atoms with Crippen molar-refractivity contribution in [1.82, 2.24) is 0 Å². The molecular formula is C14H12BrClN2O3. The molecule has 1 unspecified atom stereocenters. The zero-order valence-corrected chi connectivity index (χ0v) is 13.4. The van der Waals surface area contributed by atoms with E-state index in [1.165, 1.54) is 18.2 Å². The quantitative estimate of drug-likeness (QED) is 0.617. The first-order chi connectivity index (χ1) is 9.90. The van der Waals surface area contributed by atoms with Crippen molar-refractivity contribution in [2.75, 3.05) is 0 Å². The van der Waals surface area contributed by atoms with Gasteiger partial charge in [-0.3, -0.25) is 10.1 Å². The Labute approximate surface area is 134 Å². The number of nitrogens with zero attached hydrogens (tertiary/aromatic N) is 1. The van der Waals surface area contributed by atoms with E-state index >= 15 is 0 Å². The first-order valence-corrected chi connectivity index (χ1v) is 7.23. The number of nitrogens with two attached hydrogens (primary N) is 1. The van der Waals surface area contributed by atoms with Gasteiger partial charge in [0.05, 0.1) is 9.95 Å². The lowest BCUT2D eigenvalue weighted by Crippen LogP contribution is -2.07. The van der Waals surface area contributed by atoms with Gasteiger partial charge < -0.3 is 10.5 Å². The fraction of sp³-hybridized carbons (Fsp3) is 0.143. The van der Waals surface area contributed by atoms with Crippen LogP contribution in [0.15, 0.2) is 40.9 Å². The SMILES string of the molecule is CC(N)c1cc(Br)ccc1Oc1c(Cl)cccc1[N+](=O)[O-]. The molecule has 0 bridgehead atoms. The summed E-state index contributed by atoms with van der Waals surface area (Å²) < 4.78 is 6.52. The molecule has 1 atom stereocenters. The molecule has 0 aromatic heterocycles. The molecule has 0 aliphatic rings. The summed E-state index contributed by atoms with van der Waals surface area (Å²) in [7, 11) is 0. The molecule has 0 amide bonds. The van der Waals surface area contributed by atoms with Crippen LogP contribution < -0.4 is 10.5 Å². The Hall–Kier alpha value is -1.63. The number of halogens is 2. The standard InChI is InChI=1S/C14H12BrClN2O3/c1-8(17)10-7-9(15)5-6-13(10)21-14-11(16)3-2-4-12(14)18(19)20/h2-8H,17H2,1H3. The number of benzene rings is 2. The second-order valence-corrected chi connectivity index (χ2v) is 5.74. The average Bonchev–Trinajstić information content (AvgIpc) is 2.42. The maximum absolute atomic E-state index is 11.1. The number of nitro benzene ring substituents is 1. The Bertz CT molecular complexity index is 692. The van der Waals surface area contributed by atoms with Crippen LogP contribution in [-0.2, 0) is 0 Å². The first-order valence-electron chi connectivity index (χ1n) is 6.06. The van der Waals surface area contributed by atoms with Crippen molar-refractivity contribution in [1.29, 1.82) is 0 Å². The Morgan fingerprint density at radius 1 is 1.38 bits per heavy atom. The van der Waals surface area contributed by atoms with Crippen LogP contribution in [0.25, 0.3) is 0 Å². The van der Waals surface area contributed by atoms with Crippen molar-refractivity contribution in [3.05, 3.63) is 61.6 Å². The van der Waals surface area contributed by atoms with Crippen molar-refractivity contribution < 1.29 is 9.66 Å². The van der Waals surface area contributed by atoms with E-state index in [-0.39, 0.29) is 22.5 Å². The zero-order chi connectivity index (χ0) is 15.6. The van der Waals surface area contributed by atoms with Gasteiger partial charge in [-0.25, -0.2) is 0 Å². The number of rotatable bonds is 4. The van der Waals surface area contributed by atoms with Gasteiger partial charge in [0, 0.05) is 22.1 Å². The minimum Gasteiger partial charge on any atom is -0.448 e. The Morgan fingerprint density at radius 2 is 2.10 bits per heavy atom. The molecule has 0 aliphatic heterocycles. The number of ether oxygens (including phenoxy) is 1. The molecule has 2 aromatic rings. The molecule has 0 heterocycles. The van der Waals surface area contributed by atoms with Crippen molar-refractivity contribution in [3.8, 4) is 11.5 Å². The molecule has 0 spiro atoms. The summed E-state index contributed by atoms with van der Waals surface area (Å²) in [5.41, 5.74) is 6.43. The van der Waals surface area contributed by atoms with Gasteiger partial charge in [-0.05, 0) is 31.2 Å². The van der Waals surface area contributed by atoms with Gasteiger partial charge in [0.15, 0.2) is 0 Å². The molecular weight excluding hydrogens is 360 g/mol. The Balaban J connectivity index is 2.51. The minimum absolute atomic E-state index is 0.00777. The zero-order valence-electron chi connectivity index (χ0n) is 11.0. The second kappa shape index (κ2) is 6.43. The number of nitro groups is 1. The van der Waals surface area contributed by atoms with Gasteiger partial charge in [0.1, 0.15) is 5.75 Å². The molecule has 21 heavy (non-hydrogen) atoms. The highest BCUT2D eigenvalue weighted by molar-refractivity contribution is 9.10. The fourth-order valence-electron chi connectivity index (χ4n) is 1.82. The Morgan fingerprint density at radius 3 is 2.71 bits per heavy atom. The molecule has 5 nitrogen and oxygen atoms in total. The first kappa shape index (κ1) is 15.8. The number of hydrogen-bond acceptors (Lipinski definition) is 4. The third-order valence-electron chi connectivity index (χ3n) is 2.82. The van der Waals surface area contributed by atoms with Gasteiger partial charge in [-0.2, -0.15) is 0 Å². The lowest BCUT2D eigenvalue weighted by atomic mass is 10.1. The smallest absolute Gasteiger partial charge is 0.313 e. The van der Waals surface area contributed by atoms with E-state index in [4.69, 9.17) is 22.1 Å². The van der Waals surface area contributed by atoms with Gasteiger partial charge in [-0.1, -0.05) is 33.6 Å². The Kier molecular flexibility index (Phi) is 4.82. The summed E-state index contributed by atoms with van der Waals surface area (Å²) in [6, 6.07) is 9.35. The van der Waals surface area contributed by atoms with Gasteiger partial charge in [0.2, 0.25) is 5.75 Å². The molecule has 2 N–H and O–H groups in total. The normalized spacial score (nSPS) is 12.0. The topological polar surface area (TPSA) is 78.4 Å². The summed E-state index contributed by atoms with van der Waals surface area (Å²) in [6.45, 7) is 1.80. The molecule has 2 aromatic carbocycles. The summed E-state index contributed by atoms with van der Waals surface area (Å²) in [5, 5.41) is 11.2. The number of hydrogen-bond donors (Lipinski definition) is 1. The van der Waals surface area contributed by atoms with Crippen molar-refractivity contribution in [2.24, 2.45) is 5.73 Å². The monoisotopic (exact) mass is 370 g/mol. The van der Waals surface area contributed by atoms with Crippen molar-refractivity contribution in [3.63, 3.8) is 0 Å². The third-order valence-corrected chi connectivity index (χ3v) is 3.61. The molecule has 0 aliphatic carbocycles. The molecule has 0 saturated carbocycles. The van der Waals surface area contributed by atoms with E-state index in [0.29, 0.717) is 5.75 Å². The van der Waals surface area contributed by atoms with Crippen LogP contribution in [0.1, 0.15) is 18.5 Å². The summed E-state index contributed by atoms with van der Waals surface area (Å²) in [4.78, 5) is 10.5. The van der Waals surface area contributed by atoms with Crippen LogP contribution in [0.5, 0.6) is 11.5 Å². The van der Waals surface area contributed by atoms with Crippen molar-refractivity contribution >= 4 is 33.2 Å². The molecule has 2 rings (SSSR count). The number of para-hydroxylation sites is 1. The van der Waals surface area contributed by atoms with Gasteiger partial charge in [0.25, 0.3) is 0 Å². The predicted octanol–water partition coefficient (Wildman–Crippen LogP) is 4.82. The highest BCUT2D eigenvalue weighted by Crippen LogP contribution is 2.40. The van der Waals surface area contributed by atoms with Crippen LogP contribution in [0, 0.1) is 10.1 Å². The minimum atomic E-state index is -0.536. The summed E-state index contributed by atoms with van der Waals surface area (Å²) in [5.74, 6) is 0.442. The highest BCUT2D eigenvalue weighted by atomic mass is 79.9. The van der Waals surface area contributed by atoms with E-state index in [9.17, 15) is 10.1 Å². The molecule has 110 valence electrons.